The molecule has 3 rings (SSSR count). The van der Waals surface area contributed by atoms with Gasteiger partial charge in [-0.05, 0) is 12.8 Å². The topological polar surface area (TPSA) is 81.0 Å². The van der Waals surface area contributed by atoms with Crippen molar-refractivity contribution in [1.29, 1.82) is 0 Å². The number of benzene rings is 1. The molecule has 0 amide bonds. The number of nitrogens with zero attached hydrogens (tertiary/aromatic N) is 3. The molecule has 102 valence electrons. The first-order valence-corrected chi connectivity index (χ1v) is 6.51. The SMILES string of the molecule is O=[N+]([O-])c1cccc(-c2ncc(CNC3CC3)cn2)c1. The summed E-state index contributed by atoms with van der Waals surface area (Å²) in [5, 5.41) is 14.1. The summed E-state index contributed by atoms with van der Waals surface area (Å²) in [4.78, 5) is 18.9. The standard InChI is InChI=1S/C14H14N4O2/c19-18(20)13-3-1-2-11(6-13)14-16-8-10(9-17-14)7-15-12-4-5-12/h1-3,6,8-9,12,15H,4-5,7H2. The molecule has 1 N–H and O–H groups in total. The minimum atomic E-state index is -0.419. The Morgan fingerprint density at radius 2 is 2.05 bits per heavy atom. The summed E-state index contributed by atoms with van der Waals surface area (Å²) in [6.07, 6.45) is 6.01. The number of hydrogen-bond donors (Lipinski definition) is 1. The first-order chi connectivity index (χ1) is 9.72. The third-order valence-electron chi connectivity index (χ3n) is 3.19. The van der Waals surface area contributed by atoms with Crippen molar-refractivity contribution >= 4 is 5.69 Å². The van der Waals surface area contributed by atoms with Gasteiger partial charge in [0.15, 0.2) is 5.82 Å². The fourth-order valence-electron chi connectivity index (χ4n) is 1.90. The molecule has 1 fully saturated rings. The Morgan fingerprint density at radius 3 is 2.70 bits per heavy atom. The second kappa shape index (κ2) is 5.34. The first-order valence-electron chi connectivity index (χ1n) is 6.51. The van der Waals surface area contributed by atoms with E-state index in [0.717, 1.165) is 12.1 Å². The molecule has 20 heavy (non-hydrogen) atoms. The summed E-state index contributed by atoms with van der Waals surface area (Å²) in [7, 11) is 0. The Balaban J connectivity index is 1.75. The van der Waals surface area contributed by atoms with Crippen LogP contribution in [0.5, 0.6) is 0 Å². The van der Waals surface area contributed by atoms with Gasteiger partial charge in [0, 0.05) is 48.2 Å². The fourth-order valence-corrected chi connectivity index (χ4v) is 1.90. The Labute approximate surface area is 116 Å². The molecule has 1 aromatic heterocycles. The maximum Gasteiger partial charge on any atom is 0.270 e. The lowest BCUT2D eigenvalue weighted by molar-refractivity contribution is -0.384. The Morgan fingerprint density at radius 1 is 1.30 bits per heavy atom. The maximum absolute atomic E-state index is 10.7. The molecule has 6 heteroatoms. The molecule has 1 aromatic carbocycles. The van der Waals surface area contributed by atoms with E-state index in [1.54, 1.807) is 24.5 Å². The summed E-state index contributed by atoms with van der Waals surface area (Å²) < 4.78 is 0. The van der Waals surface area contributed by atoms with Gasteiger partial charge < -0.3 is 5.32 Å². The van der Waals surface area contributed by atoms with E-state index in [2.05, 4.69) is 15.3 Å². The molecular weight excluding hydrogens is 256 g/mol. The number of nitro groups is 1. The zero-order valence-corrected chi connectivity index (χ0v) is 10.8. The monoisotopic (exact) mass is 270 g/mol. The molecule has 1 heterocycles. The van der Waals surface area contributed by atoms with Crippen LogP contribution in [-0.2, 0) is 6.54 Å². The summed E-state index contributed by atoms with van der Waals surface area (Å²) in [6, 6.07) is 6.99. The predicted octanol–water partition coefficient (Wildman–Crippen LogP) is 2.30. The van der Waals surface area contributed by atoms with Gasteiger partial charge in [0.05, 0.1) is 4.92 Å². The number of nitro benzene ring substituents is 1. The third kappa shape index (κ3) is 2.97. The van der Waals surface area contributed by atoms with Crippen molar-refractivity contribution in [3.8, 4) is 11.4 Å². The van der Waals surface area contributed by atoms with Gasteiger partial charge in [-0.25, -0.2) is 9.97 Å². The van der Waals surface area contributed by atoms with Crippen LogP contribution in [0.3, 0.4) is 0 Å². The second-order valence-electron chi connectivity index (χ2n) is 4.88. The molecule has 0 saturated heterocycles. The number of aromatic nitrogens is 2. The molecule has 1 saturated carbocycles. The Bertz CT molecular complexity index is 623. The maximum atomic E-state index is 10.7. The van der Waals surface area contributed by atoms with Gasteiger partial charge in [-0.3, -0.25) is 10.1 Å². The van der Waals surface area contributed by atoms with Crippen LogP contribution in [0.2, 0.25) is 0 Å². The number of nitrogens with one attached hydrogen (secondary N) is 1. The smallest absolute Gasteiger partial charge is 0.270 e. The van der Waals surface area contributed by atoms with Crippen molar-refractivity contribution < 1.29 is 4.92 Å². The highest BCUT2D eigenvalue weighted by molar-refractivity contribution is 5.58. The molecule has 6 nitrogen and oxygen atoms in total. The fraction of sp³-hybridized carbons (Fsp3) is 0.286. The van der Waals surface area contributed by atoms with Crippen LogP contribution in [0.25, 0.3) is 11.4 Å². The van der Waals surface area contributed by atoms with Crippen LogP contribution < -0.4 is 5.32 Å². The quantitative estimate of drug-likeness (QED) is 0.666. The molecule has 0 aliphatic heterocycles. The van der Waals surface area contributed by atoms with Gasteiger partial charge in [0.2, 0.25) is 0 Å². The Hall–Kier alpha value is -2.34. The van der Waals surface area contributed by atoms with Crippen molar-refractivity contribution in [2.24, 2.45) is 0 Å². The highest BCUT2D eigenvalue weighted by Gasteiger charge is 2.20. The highest BCUT2D eigenvalue weighted by atomic mass is 16.6. The molecule has 0 bridgehead atoms. The summed E-state index contributed by atoms with van der Waals surface area (Å²) >= 11 is 0. The zero-order valence-electron chi connectivity index (χ0n) is 10.8. The van der Waals surface area contributed by atoms with Crippen LogP contribution in [0.1, 0.15) is 18.4 Å². The third-order valence-corrected chi connectivity index (χ3v) is 3.19. The largest absolute Gasteiger partial charge is 0.310 e. The van der Waals surface area contributed by atoms with E-state index >= 15 is 0 Å². The Kier molecular flexibility index (Phi) is 3.39. The second-order valence-corrected chi connectivity index (χ2v) is 4.88. The van der Waals surface area contributed by atoms with E-state index in [4.69, 9.17) is 0 Å². The zero-order chi connectivity index (χ0) is 13.9. The van der Waals surface area contributed by atoms with Crippen molar-refractivity contribution in [3.05, 3.63) is 52.3 Å². The van der Waals surface area contributed by atoms with E-state index in [1.807, 2.05) is 0 Å². The van der Waals surface area contributed by atoms with E-state index in [1.165, 1.54) is 25.0 Å². The van der Waals surface area contributed by atoms with Crippen LogP contribution >= 0.6 is 0 Å². The summed E-state index contributed by atoms with van der Waals surface area (Å²) in [5.41, 5.74) is 1.72. The molecule has 1 aliphatic carbocycles. The van der Waals surface area contributed by atoms with Crippen molar-refractivity contribution in [3.63, 3.8) is 0 Å². The van der Waals surface area contributed by atoms with Gasteiger partial charge in [-0.2, -0.15) is 0 Å². The van der Waals surface area contributed by atoms with Crippen molar-refractivity contribution in [1.82, 2.24) is 15.3 Å². The molecule has 0 spiro atoms. The van der Waals surface area contributed by atoms with Crippen LogP contribution in [0, 0.1) is 10.1 Å². The van der Waals surface area contributed by atoms with Gasteiger partial charge in [0.25, 0.3) is 5.69 Å². The van der Waals surface area contributed by atoms with Crippen LogP contribution in [0.4, 0.5) is 5.69 Å². The molecule has 1 aliphatic rings. The summed E-state index contributed by atoms with van der Waals surface area (Å²) in [5.74, 6) is 0.504. The van der Waals surface area contributed by atoms with Crippen molar-refractivity contribution in [2.45, 2.75) is 25.4 Å². The molecular formula is C14H14N4O2. The molecule has 0 unspecified atom stereocenters. The van der Waals surface area contributed by atoms with E-state index < -0.39 is 4.92 Å². The average molecular weight is 270 g/mol. The van der Waals surface area contributed by atoms with Gasteiger partial charge >= 0.3 is 0 Å². The number of non-ortho nitro benzene ring substituents is 1. The van der Waals surface area contributed by atoms with Crippen molar-refractivity contribution in [2.75, 3.05) is 0 Å². The number of hydrogen-bond acceptors (Lipinski definition) is 5. The minimum absolute atomic E-state index is 0.0468. The molecule has 2 aromatic rings. The predicted molar refractivity (Wildman–Crippen MR) is 74.0 cm³/mol. The lowest BCUT2D eigenvalue weighted by Gasteiger charge is -2.04. The molecule has 0 radical (unpaired) electrons. The van der Waals surface area contributed by atoms with Crippen LogP contribution in [0.15, 0.2) is 36.7 Å². The normalized spacial score (nSPS) is 14.2. The lowest BCUT2D eigenvalue weighted by Crippen LogP contribution is -2.15. The lowest BCUT2D eigenvalue weighted by atomic mass is 10.2. The van der Waals surface area contributed by atoms with Gasteiger partial charge in [-0.15, -0.1) is 0 Å². The van der Waals surface area contributed by atoms with Gasteiger partial charge in [-0.1, -0.05) is 12.1 Å². The minimum Gasteiger partial charge on any atom is -0.310 e. The molecule has 0 atom stereocenters. The number of rotatable bonds is 5. The highest BCUT2D eigenvalue weighted by Crippen LogP contribution is 2.21. The van der Waals surface area contributed by atoms with Gasteiger partial charge in [0.1, 0.15) is 0 Å². The van der Waals surface area contributed by atoms with E-state index in [9.17, 15) is 10.1 Å². The first kappa shape index (κ1) is 12.7. The average Bonchev–Trinajstić information content (AvgIpc) is 3.30. The van der Waals surface area contributed by atoms with E-state index in [0.29, 0.717) is 17.4 Å². The summed E-state index contributed by atoms with van der Waals surface area (Å²) in [6.45, 7) is 0.764. The van der Waals surface area contributed by atoms with Crippen LogP contribution in [-0.4, -0.2) is 20.9 Å². The van der Waals surface area contributed by atoms with E-state index in [-0.39, 0.29) is 5.69 Å².